The Kier molecular flexibility index (Phi) is 14.2. The molecule has 0 N–H and O–H groups in total. The number of benzene rings is 3. The Morgan fingerprint density at radius 2 is 1.10 bits per heavy atom. The molecule has 41 heavy (non-hydrogen) atoms. The van der Waals surface area contributed by atoms with Gasteiger partial charge in [-0.1, -0.05) is 121 Å². The van der Waals surface area contributed by atoms with E-state index in [4.69, 9.17) is 9.47 Å². The number of unbranched alkanes of at least 4 members (excludes halogenated alkanes) is 9. The molecular weight excluding hydrogens is 508 g/mol. The van der Waals surface area contributed by atoms with Crippen LogP contribution in [0.4, 0.5) is 0 Å². The molecule has 0 heterocycles. The number of aryl methyl sites for hydroxylation is 1. The van der Waals surface area contributed by atoms with E-state index < -0.39 is 0 Å². The van der Waals surface area contributed by atoms with Crippen molar-refractivity contribution >= 4 is 11.9 Å². The summed E-state index contributed by atoms with van der Waals surface area (Å²) < 4.78 is 11.0. The first kappa shape index (κ1) is 32.1. The molecule has 4 nitrogen and oxygen atoms in total. The van der Waals surface area contributed by atoms with E-state index >= 15 is 0 Å². The lowest BCUT2D eigenvalue weighted by Crippen LogP contribution is -2.11. The minimum atomic E-state index is -0.358. The van der Waals surface area contributed by atoms with Crippen LogP contribution in [0.2, 0.25) is 0 Å². The summed E-state index contributed by atoms with van der Waals surface area (Å²) in [5.74, 6) is 0.192. The van der Waals surface area contributed by atoms with Crippen LogP contribution >= 0.6 is 0 Å². The van der Waals surface area contributed by atoms with Crippen LogP contribution in [0.1, 0.15) is 118 Å². The Labute approximate surface area is 247 Å². The van der Waals surface area contributed by atoms with Gasteiger partial charge in [-0.3, -0.25) is 0 Å². The van der Waals surface area contributed by atoms with Crippen molar-refractivity contribution in [3.63, 3.8) is 0 Å². The van der Waals surface area contributed by atoms with E-state index in [-0.39, 0.29) is 11.9 Å². The summed E-state index contributed by atoms with van der Waals surface area (Å²) >= 11 is 0. The summed E-state index contributed by atoms with van der Waals surface area (Å²) in [6.07, 6.45) is 15.4. The number of rotatable bonds is 18. The summed E-state index contributed by atoms with van der Waals surface area (Å²) in [5.41, 5.74) is 4.30. The molecule has 3 rings (SSSR count). The van der Waals surface area contributed by atoms with Crippen LogP contribution in [-0.2, 0) is 11.2 Å². The van der Waals surface area contributed by atoms with Crippen molar-refractivity contribution in [3.8, 4) is 16.9 Å². The second-order valence-electron chi connectivity index (χ2n) is 11.2. The van der Waals surface area contributed by atoms with Crippen molar-refractivity contribution in [3.05, 3.63) is 89.5 Å². The summed E-state index contributed by atoms with van der Waals surface area (Å²) in [7, 11) is 0. The summed E-state index contributed by atoms with van der Waals surface area (Å²) in [6, 6.07) is 22.6. The SMILES string of the molecule is CCCCCCCCCCCCc1ccc(C(=O)Oc2ccc(-c3ccc(C(=O)OCC(C)CC)cc3)cc2)cc1. The van der Waals surface area contributed by atoms with Gasteiger partial charge < -0.3 is 9.47 Å². The smallest absolute Gasteiger partial charge is 0.343 e. The zero-order valence-corrected chi connectivity index (χ0v) is 25.3. The third-order valence-corrected chi connectivity index (χ3v) is 7.72. The molecule has 220 valence electrons. The van der Waals surface area contributed by atoms with Crippen molar-refractivity contribution in [2.24, 2.45) is 5.92 Å². The molecule has 4 heteroatoms. The predicted octanol–water partition coefficient (Wildman–Crippen LogP) is 10.2. The van der Waals surface area contributed by atoms with Gasteiger partial charge >= 0.3 is 11.9 Å². The molecule has 0 aliphatic heterocycles. The molecule has 1 unspecified atom stereocenters. The number of esters is 2. The fourth-order valence-corrected chi connectivity index (χ4v) is 4.72. The van der Waals surface area contributed by atoms with E-state index in [2.05, 4.69) is 20.8 Å². The number of hydrogen-bond acceptors (Lipinski definition) is 4. The predicted molar refractivity (Wildman–Crippen MR) is 169 cm³/mol. The van der Waals surface area contributed by atoms with Crippen molar-refractivity contribution in [1.82, 2.24) is 0 Å². The van der Waals surface area contributed by atoms with E-state index in [9.17, 15) is 9.59 Å². The van der Waals surface area contributed by atoms with Crippen molar-refractivity contribution in [1.29, 1.82) is 0 Å². The van der Waals surface area contributed by atoms with Crippen LogP contribution in [0.15, 0.2) is 72.8 Å². The molecule has 0 saturated carbocycles. The first-order chi connectivity index (χ1) is 20.0. The molecule has 3 aromatic rings. The molecule has 0 radical (unpaired) electrons. The second kappa shape index (κ2) is 18.1. The van der Waals surface area contributed by atoms with Gasteiger partial charge in [0.2, 0.25) is 0 Å². The van der Waals surface area contributed by atoms with Crippen molar-refractivity contribution in [2.45, 2.75) is 97.8 Å². The summed E-state index contributed by atoms with van der Waals surface area (Å²) in [5, 5.41) is 0. The molecule has 0 aliphatic rings. The monoisotopic (exact) mass is 556 g/mol. The van der Waals surface area contributed by atoms with Crippen LogP contribution in [-0.4, -0.2) is 18.5 Å². The first-order valence-electron chi connectivity index (χ1n) is 15.7. The van der Waals surface area contributed by atoms with Gasteiger partial charge in [0.25, 0.3) is 0 Å². The Morgan fingerprint density at radius 3 is 1.66 bits per heavy atom. The van der Waals surface area contributed by atoms with Gasteiger partial charge in [0, 0.05) is 0 Å². The van der Waals surface area contributed by atoms with Gasteiger partial charge in [-0.15, -0.1) is 0 Å². The Balaban J connectivity index is 1.39. The molecule has 0 aromatic heterocycles. The minimum absolute atomic E-state index is 0.300. The largest absolute Gasteiger partial charge is 0.462 e. The van der Waals surface area contributed by atoms with Gasteiger partial charge in [0.15, 0.2) is 0 Å². The van der Waals surface area contributed by atoms with Crippen LogP contribution in [0.5, 0.6) is 5.75 Å². The highest BCUT2D eigenvalue weighted by molar-refractivity contribution is 5.91. The van der Waals surface area contributed by atoms with Crippen LogP contribution in [0.3, 0.4) is 0 Å². The molecule has 0 saturated heterocycles. The maximum absolute atomic E-state index is 12.7. The fraction of sp³-hybridized carbons (Fsp3) is 0.459. The van der Waals surface area contributed by atoms with Crippen molar-refractivity contribution in [2.75, 3.05) is 6.61 Å². The van der Waals surface area contributed by atoms with Crippen LogP contribution < -0.4 is 4.74 Å². The fourth-order valence-electron chi connectivity index (χ4n) is 4.72. The number of carbonyl (C=O) groups is 2. The highest BCUT2D eigenvalue weighted by atomic mass is 16.5. The molecule has 0 aliphatic carbocycles. The van der Waals surface area contributed by atoms with Crippen LogP contribution in [0, 0.1) is 5.92 Å². The average Bonchev–Trinajstić information content (AvgIpc) is 3.01. The standard InChI is InChI=1S/C37H48O4/c1-4-6-7-8-9-10-11-12-13-14-15-30-16-18-34(19-17-30)37(39)41-35-26-24-32(25-27-35)31-20-22-33(23-21-31)36(38)40-28-29(3)5-2/h16-27,29H,4-15,28H2,1-3H3. The zero-order valence-electron chi connectivity index (χ0n) is 25.3. The topological polar surface area (TPSA) is 52.6 Å². The second-order valence-corrected chi connectivity index (χ2v) is 11.2. The quantitative estimate of drug-likeness (QED) is 0.0888. The summed E-state index contributed by atoms with van der Waals surface area (Å²) in [4.78, 5) is 24.9. The minimum Gasteiger partial charge on any atom is -0.462 e. The lowest BCUT2D eigenvalue weighted by Gasteiger charge is -2.10. The lowest BCUT2D eigenvalue weighted by molar-refractivity contribution is 0.0447. The molecule has 0 amide bonds. The highest BCUT2D eigenvalue weighted by Gasteiger charge is 2.11. The third kappa shape index (κ3) is 11.5. The van der Waals surface area contributed by atoms with E-state index in [1.807, 2.05) is 48.5 Å². The number of hydrogen-bond donors (Lipinski definition) is 0. The van der Waals surface area contributed by atoms with E-state index in [1.165, 1.54) is 69.8 Å². The number of ether oxygens (including phenoxy) is 2. The Morgan fingerprint density at radius 1 is 0.610 bits per heavy atom. The maximum Gasteiger partial charge on any atom is 0.343 e. The highest BCUT2D eigenvalue weighted by Crippen LogP contribution is 2.24. The zero-order chi connectivity index (χ0) is 29.3. The van der Waals surface area contributed by atoms with Gasteiger partial charge in [0.05, 0.1) is 17.7 Å². The van der Waals surface area contributed by atoms with Gasteiger partial charge in [-0.25, -0.2) is 9.59 Å². The van der Waals surface area contributed by atoms with Crippen LogP contribution in [0.25, 0.3) is 11.1 Å². The number of carbonyl (C=O) groups excluding carboxylic acids is 2. The Bertz CT molecular complexity index is 1160. The van der Waals surface area contributed by atoms with Gasteiger partial charge in [0.1, 0.15) is 5.75 Å². The first-order valence-corrected chi connectivity index (χ1v) is 15.7. The molecule has 1 atom stereocenters. The van der Waals surface area contributed by atoms with E-state index in [0.29, 0.717) is 29.4 Å². The average molecular weight is 557 g/mol. The molecule has 0 spiro atoms. The lowest BCUT2D eigenvalue weighted by atomic mass is 10.0. The van der Waals surface area contributed by atoms with Gasteiger partial charge in [-0.2, -0.15) is 0 Å². The molecule has 3 aromatic carbocycles. The van der Waals surface area contributed by atoms with Crippen molar-refractivity contribution < 1.29 is 19.1 Å². The normalized spacial score (nSPS) is 11.7. The van der Waals surface area contributed by atoms with Gasteiger partial charge in [-0.05, 0) is 71.8 Å². The molecular formula is C37H48O4. The Hall–Kier alpha value is -3.40. The summed E-state index contributed by atoms with van der Waals surface area (Å²) in [6.45, 7) is 6.84. The maximum atomic E-state index is 12.7. The third-order valence-electron chi connectivity index (χ3n) is 7.72. The van der Waals surface area contributed by atoms with E-state index in [1.54, 1.807) is 24.3 Å². The molecule has 0 fully saturated rings. The molecule has 0 bridgehead atoms. The van der Waals surface area contributed by atoms with E-state index in [0.717, 1.165) is 24.0 Å².